The van der Waals surface area contributed by atoms with Crippen molar-refractivity contribution in [1.82, 2.24) is 10.2 Å². The summed E-state index contributed by atoms with van der Waals surface area (Å²) in [7, 11) is 0. The number of carbonyl (C=O) groups is 1. The Morgan fingerprint density at radius 1 is 1.35 bits per heavy atom. The van der Waals surface area contributed by atoms with E-state index in [0.717, 1.165) is 12.1 Å². The van der Waals surface area contributed by atoms with Crippen molar-refractivity contribution in [2.75, 3.05) is 5.32 Å². The molecule has 6 heteroatoms. The van der Waals surface area contributed by atoms with Gasteiger partial charge in [-0.25, -0.2) is 8.78 Å². The van der Waals surface area contributed by atoms with Gasteiger partial charge in [0, 0.05) is 11.8 Å². The second-order valence-electron chi connectivity index (χ2n) is 3.51. The number of amides is 1. The molecule has 0 spiro atoms. The molecule has 0 aliphatic carbocycles. The molecule has 2 aromatic rings. The van der Waals surface area contributed by atoms with Gasteiger partial charge < -0.3 is 5.32 Å². The standard InChI is InChI=1S/C11H9F2N3O/c1-6-5-14-16-10(6)11(17)15-7-2-3-8(12)9(13)4-7/h2-5H,1H3,(H,14,16)(H,15,17). The number of aromatic nitrogens is 2. The number of carbonyl (C=O) groups excluding carboxylic acids is 1. The third kappa shape index (κ3) is 2.30. The Hall–Kier alpha value is -2.24. The van der Waals surface area contributed by atoms with E-state index < -0.39 is 17.5 Å². The molecule has 0 saturated heterocycles. The molecule has 0 bridgehead atoms. The third-order valence-corrected chi connectivity index (χ3v) is 2.23. The van der Waals surface area contributed by atoms with Crippen LogP contribution in [0, 0.1) is 18.6 Å². The van der Waals surface area contributed by atoms with E-state index in [-0.39, 0.29) is 11.4 Å². The first kappa shape index (κ1) is 11.3. The highest BCUT2D eigenvalue weighted by molar-refractivity contribution is 6.03. The molecule has 2 rings (SSSR count). The average Bonchev–Trinajstić information content (AvgIpc) is 2.70. The first-order chi connectivity index (χ1) is 8.08. The van der Waals surface area contributed by atoms with Gasteiger partial charge in [-0.3, -0.25) is 9.89 Å². The van der Waals surface area contributed by atoms with Crippen LogP contribution in [0.2, 0.25) is 0 Å². The van der Waals surface area contributed by atoms with Crippen molar-refractivity contribution in [3.63, 3.8) is 0 Å². The van der Waals surface area contributed by atoms with Crippen LogP contribution in [0.15, 0.2) is 24.4 Å². The number of rotatable bonds is 2. The van der Waals surface area contributed by atoms with Gasteiger partial charge in [0.1, 0.15) is 5.69 Å². The molecule has 1 aromatic carbocycles. The zero-order valence-corrected chi connectivity index (χ0v) is 8.92. The van der Waals surface area contributed by atoms with E-state index >= 15 is 0 Å². The summed E-state index contributed by atoms with van der Waals surface area (Å²) in [5.74, 6) is -2.42. The van der Waals surface area contributed by atoms with Crippen molar-refractivity contribution < 1.29 is 13.6 Å². The Morgan fingerprint density at radius 3 is 2.71 bits per heavy atom. The summed E-state index contributed by atoms with van der Waals surface area (Å²) >= 11 is 0. The molecule has 17 heavy (non-hydrogen) atoms. The summed E-state index contributed by atoms with van der Waals surface area (Å²) in [5, 5.41) is 8.65. The lowest BCUT2D eigenvalue weighted by Gasteiger charge is -2.04. The monoisotopic (exact) mass is 237 g/mol. The van der Waals surface area contributed by atoms with E-state index in [9.17, 15) is 13.6 Å². The maximum absolute atomic E-state index is 12.9. The number of nitrogens with zero attached hydrogens (tertiary/aromatic N) is 1. The smallest absolute Gasteiger partial charge is 0.273 e. The predicted octanol–water partition coefficient (Wildman–Crippen LogP) is 2.25. The fraction of sp³-hybridized carbons (Fsp3) is 0.0909. The highest BCUT2D eigenvalue weighted by atomic mass is 19.2. The molecular formula is C11H9F2N3O. The number of nitrogens with one attached hydrogen (secondary N) is 2. The molecular weight excluding hydrogens is 228 g/mol. The van der Waals surface area contributed by atoms with Crippen LogP contribution in [0.1, 0.15) is 16.1 Å². The van der Waals surface area contributed by atoms with Crippen LogP contribution in [0.3, 0.4) is 0 Å². The van der Waals surface area contributed by atoms with Crippen LogP contribution < -0.4 is 5.32 Å². The first-order valence-corrected chi connectivity index (χ1v) is 4.84. The molecule has 1 amide bonds. The molecule has 1 aromatic heterocycles. The SMILES string of the molecule is Cc1cn[nH]c1C(=O)Nc1ccc(F)c(F)c1. The number of anilines is 1. The van der Waals surface area contributed by atoms with Crippen molar-refractivity contribution in [3.8, 4) is 0 Å². The largest absolute Gasteiger partial charge is 0.321 e. The van der Waals surface area contributed by atoms with E-state index in [1.165, 1.54) is 12.3 Å². The molecule has 0 unspecified atom stereocenters. The highest BCUT2D eigenvalue weighted by Gasteiger charge is 2.12. The average molecular weight is 237 g/mol. The predicted molar refractivity (Wildman–Crippen MR) is 57.6 cm³/mol. The zero-order chi connectivity index (χ0) is 12.4. The van der Waals surface area contributed by atoms with Crippen molar-refractivity contribution in [1.29, 1.82) is 0 Å². The van der Waals surface area contributed by atoms with Gasteiger partial charge in [-0.2, -0.15) is 5.10 Å². The Bertz CT molecular complexity index is 566. The molecule has 0 atom stereocenters. The van der Waals surface area contributed by atoms with Gasteiger partial charge in [0.25, 0.3) is 5.91 Å². The minimum atomic E-state index is -1.01. The van der Waals surface area contributed by atoms with Gasteiger partial charge in [0.2, 0.25) is 0 Å². The number of hydrogen-bond donors (Lipinski definition) is 2. The summed E-state index contributed by atoms with van der Waals surface area (Å²) in [6.45, 7) is 1.71. The topological polar surface area (TPSA) is 57.8 Å². The number of aryl methyl sites for hydroxylation is 1. The van der Waals surface area contributed by atoms with Crippen molar-refractivity contribution in [2.45, 2.75) is 6.92 Å². The number of hydrogen-bond acceptors (Lipinski definition) is 2. The van der Waals surface area contributed by atoms with E-state index in [2.05, 4.69) is 15.5 Å². The van der Waals surface area contributed by atoms with Gasteiger partial charge in [-0.15, -0.1) is 0 Å². The Labute approximate surface area is 95.7 Å². The van der Waals surface area contributed by atoms with E-state index in [1.54, 1.807) is 6.92 Å². The third-order valence-electron chi connectivity index (χ3n) is 2.23. The van der Waals surface area contributed by atoms with Gasteiger partial charge in [-0.05, 0) is 24.6 Å². The van der Waals surface area contributed by atoms with E-state index in [4.69, 9.17) is 0 Å². The lowest BCUT2D eigenvalue weighted by Crippen LogP contribution is -2.13. The van der Waals surface area contributed by atoms with Crippen molar-refractivity contribution >= 4 is 11.6 Å². The second-order valence-corrected chi connectivity index (χ2v) is 3.51. The fourth-order valence-corrected chi connectivity index (χ4v) is 1.34. The summed E-state index contributed by atoms with van der Waals surface area (Å²) < 4.78 is 25.6. The molecule has 4 nitrogen and oxygen atoms in total. The van der Waals surface area contributed by atoms with E-state index in [1.807, 2.05) is 0 Å². The van der Waals surface area contributed by atoms with Gasteiger partial charge >= 0.3 is 0 Å². The number of halogens is 2. The molecule has 0 aliphatic heterocycles. The second kappa shape index (κ2) is 4.32. The minimum Gasteiger partial charge on any atom is -0.321 e. The maximum Gasteiger partial charge on any atom is 0.273 e. The Kier molecular flexibility index (Phi) is 2.86. The normalized spacial score (nSPS) is 10.3. The molecule has 1 heterocycles. The minimum absolute atomic E-state index is 0.183. The van der Waals surface area contributed by atoms with Gasteiger partial charge in [0.05, 0.1) is 6.20 Å². The lowest BCUT2D eigenvalue weighted by molar-refractivity contribution is 0.102. The van der Waals surface area contributed by atoms with Crippen LogP contribution >= 0.6 is 0 Å². The molecule has 2 N–H and O–H groups in total. The molecule has 0 radical (unpaired) electrons. The van der Waals surface area contributed by atoms with Crippen LogP contribution in [0.5, 0.6) is 0 Å². The van der Waals surface area contributed by atoms with Crippen molar-refractivity contribution in [2.24, 2.45) is 0 Å². The first-order valence-electron chi connectivity index (χ1n) is 4.84. The quantitative estimate of drug-likeness (QED) is 0.841. The summed E-state index contributed by atoms with van der Waals surface area (Å²) in [6.07, 6.45) is 1.50. The molecule has 0 fully saturated rings. The highest BCUT2D eigenvalue weighted by Crippen LogP contribution is 2.14. The van der Waals surface area contributed by atoms with Crippen LogP contribution in [0.25, 0.3) is 0 Å². The number of benzene rings is 1. The summed E-state index contributed by atoms with van der Waals surface area (Å²) in [5.41, 5.74) is 1.14. The van der Waals surface area contributed by atoms with Crippen LogP contribution in [-0.2, 0) is 0 Å². The zero-order valence-electron chi connectivity index (χ0n) is 8.92. The van der Waals surface area contributed by atoms with Crippen molar-refractivity contribution in [3.05, 3.63) is 47.3 Å². The summed E-state index contributed by atoms with van der Waals surface area (Å²) in [6, 6.07) is 3.14. The number of H-pyrrole nitrogens is 1. The van der Waals surface area contributed by atoms with Gasteiger partial charge in [-0.1, -0.05) is 0 Å². The Morgan fingerprint density at radius 2 is 2.12 bits per heavy atom. The lowest BCUT2D eigenvalue weighted by atomic mass is 10.2. The van der Waals surface area contributed by atoms with Crippen LogP contribution in [-0.4, -0.2) is 16.1 Å². The maximum atomic E-state index is 12.9. The van der Waals surface area contributed by atoms with Gasteiger partial charge in [0.15, 0.2) is 11.6 Å². The molecule has 88 valence electrons. The molecule has 0 aliphatic rings. The van der Waals surface area contributed by atoms with E-state index in [0.29, 0.717) is 5.56 Å². The fourth-order valence-electron chi connectivity index (χ4n) is 1.34. The molecule has 0 saturated carbocycles. The summed E-state index contributed by atoms with van der Waals surface area (Å²) in [4.78, 5) is 11.7. The Balaban J connectivity index is 2.19. The van der Waals surface area contributed by atoms with Crippen LogP contribution in [0.4, 0.5) is 14.5 Å². The number of aromatic amines is 1.